The Labute approximate surface area is 100 Å². The molecule has 0 fully saturated rings. The number of aliphatic carboxylic acids is 1. The van der Waals surface area contributed by atoms with E-state index in [-0.39, 0.29) is 12.5 Å². The predicted octanol–water partition coefficient (Wildman–Crippen LogP) is 0.689. The van der Waals surface area contributed by atoms with E-state index in [0.717, 1.165) is 12.2 Å². The van der Waals surface area contributed by atoms with E-state index in [1.807, 2.05) is 6.92 Å². The Morgan fingerprint density at radius 3 is 2.62 bits per heavy atom. The average Bonchev–Trinajstić information content (AvgIpc) is 2.23. The van der Waals surface area contributed by atoms with Gasteiger partial charge in [0.2, 0.25) is 5.91 Å². The van der Waals surface area contributed by atoms with Gasteiger partial charge in [-0.15, -0.1) is 0 Å². The molecule has 16 heavy (non-hydrogen) atoms. The van der Waals surface area contributed by atoms with Gasteiger partial charge in [-0.25, -0.2) is 0 Å². The summed E-state index contributed by atoms with van der Waals surface area (Å²) in [5.74, 6) is 0.115. The third-order valence-electron chi connectivity index (χ3n) is 1.82. The van der Waals surface area contributed by atoms with E-state index in [4.69, 9.17) is 9.84 Å². The molecular formula is C10H19NO4S. The molecule has 0 saturated carbocycles. The number of amides is 1. The van der Waals surface area contributed by atoms with Crippen LogP contribution >= 0.6 is 11.8 Å². The molecule has 0 bridgehead atoms. The van der Waals surface area contributed by atoms with Crippen molar-refractivity contribution in [2.24, 2.45) is 0 Å². The Balaban J connectivity index is 4.04. The van der Waals surface area contributed by atoms with E-state index in [2.05, 4.69) is 0 Å². The molecule has 0 aromatic heterocycles. The number of thioether (sulfide) groups is 1. The lowest BCUT2D eigenvalue weighted by atomic mass is 10.4. The summed E-state index contributed by atoms with van der Waals surface area (Å²) in [6.07, 6.45) is 1.01. The van der Waals surface area contributed by atoms with Gasteiger partial charge in [0.15, 0.2) is 0 Å². The highest BCUT2D eigenvalue weighted by Gasteiger charge is 2.15. The van der Waals surface area contributed by atoms with Crippen molar-refractivity contribution in [3.05, 3.63) is 0 Å². The maximum atomic E-state index is 11.6. The number of nitrogens with zero attached hydrogens (tertiary/aromatic N) is 1. The van der Waals surface area contributed by atoms with Crippen LogP contribution in [0.3, 0.4) is 0 Å². The fourth-order valence-electron chi connectivity index (χ4n) is 1.05. The van der Waals surface area contributed by atoms with Crippen molar-refractivity contribution >= 4 is 23.6 Å². The third-order valence-corrected chi connectivity index (χ3v) is 2.97. The van der Waals surface area contributed by atoms with E-state index >= 15 is 0 Å². The predicted molar refractivity (Wildman–Crippen MR) is 63.7 cm³/mol. The van der Waals surface area contributed by atoms with E-state index in [1.54, 1.807) is 0 Å². The first-order chi connectivity index (χ1) is 7.61. The summed E-state index contributed by atoms with van der Waals surface area (Å²) in [5, 5.41) is 8.66. The van der Waals surface area contributed by atoms with Crippen molar-refractivity contribution in [1.82, 2.24) is 4.90 Å². The molecule has 0 spiro atoms. The second-order valence-electron chi connectivity index (χ2n) is 3.25. The summed E-state index contributed by atoms with van der Waals surface area (Å²) in [6, 6.07) is 0. The standard InChI is InChI=1S/C10H19NO4S/c1-3-6-16-8-9(12)11(4-5-15-2)7-10(13)14/h3-8H2,1-2H3,(H,13,14). The highest BCUT2D eigenvalue weighted by atomic mass is 32.2. The van der Waals surface area contributed by atoms with Crippen LogP contribution in [0, 0.1) is 0 Å². The highest BCUT2D eigenvalue weighted by Crippen LogP contribution is 2.04. The lowest BCUT2D eigenvalue weighted by Gasteiger charge is -2.19. The fraction of sp³-hybridized carbons (Fsp3) is 0.800. The molecule has 0 aliphatic carbocycles. The Bertz CT molecular complexity index is 223. The Kier molecular flexibility index (Phi) is 9.03. The molecule has 94 valence electrons. The van der Waals surface area contributed by atoms with Crippen LogP contribution in [0.15, 0.2) is 0 Å². The molecule has 6 heteroatoms. The molecule has 1 amide bonds. The number of rotatable bonds is 9. The van der Waals surface area contributed by atoms with Crippen molar-refractivity contribution in [2.45, 2.75) is 13.3 Å². The van der Waals surface area contributed by atoms with Gasteiger partial charge in [-0.2, -0.15) is 11.8 Å². The summed E-state index contributed by atoms with van der Waals surface area (Å²) in [4.78, 5) is 23.5. The minimum atomic E-state index is -0.995. The van der Waals surface area contributed by atoms with Crippen molar-refractivity contribution in [1.29, 1.82) is 0 Å². The number of carboxylic acid groups (broad SMARTS) is 1. The van der Waals surface area contributed by atoms with Crippen LogP contribution in [-0.2, 0) is 14.3 Å². The van der Waals surface area contributed by atoms with Crippen molar-refractivity contribution in [2.75, 3.05) is 38.3 Å². The molecule has 0 heterocycles. The Hall–Kier alpha value is -0.750. The zero-order valence-electron chi connectivity index (χ0n) is 9.77. The summed E-state index contributed by atoms with van der Waals surface area (Å²) < 4.78 is 4.84. The number of ether oxygens (including phenoxy) is 1. The quantitative estimate of drug-likeness (QED) is 0.609. The molecule has 0 unspecified atom stereocenters. The first kappa shape index (κ1) is 15.2. The van der Waals surface area contributed by atoms with Gasteiger partial charge in [-0.1, -0.05) is 6.92 Å². The van der Waals surface area contributed by atoms with Crippen LogP contribution in [-0.4, -0.2) is 60.2 Å². The molecule has 0 aliphatic heterocycles. The van der Waals surface area contributed by atoms with Crippen LogP contribution in [0.2, 0.25) is 0 Å². The topological polar surface area (TPSA) is 66.8 Å². The summed E-state index contributed by atoms with van der Waals surface area (Å²) in [7, 11) is 1.52. The average molecular weight is 249 g/mol. The molecule has 0 aromatic rings. The van der Waals surface area contributed by atoms with Crippen LogP contribution in [0.1, 0.15) is 13.3 Å². The molecule has 0 radical (unpaired) electrons. The molecular weight excluding hydrogens is 230 g/mol. The first-order valence-corrected chi connectivity index (χ1v) is 6.33. The molecule has 0 atom stereocenters. The van der Waals surface area contributed by atoms with Gasteiger partial charge >= 0.3 is 5.97 Å². The molecule has 0 aliphatic rings. The monoisotopic (exact) mass is 249 g/mol. The van der Waals surface area contributed by atoms with E-state index < -0.39 is 5.97 Å². The number of hydrogen-bond donors (Lipinski definition) is 1. The van der Waals surface area contributed by atoms with Crippen molar-refractivity contribution in [3.8, 4) is 0 Å². The number of hydrogen-bond acceptors (Lipinski definition) is 4. The molecule has 5 nitrogen and oxygen atoms in total. The zero-order valence-corrected chi connectivity index (χ0v) is 10.6. The summed E-state index contributed by atoms with van der Waals surface area (Å²) >= 11 is 1.53. The number of carbonyl (C=O) groups excluding carboxylic acids is 1. The normalized spacial score (nSPS) is 10.1. The van der Waals surface area contributed by atoms with E-state index in [9.17, 15) is 9.59 Å². The molecule has 0 aromatic carbocycles. The van der Waals surface area contributed by atoms with Gasteiger partial charge in [0.1, 0.15) is 6.54 Å². The smallest absolute Gasteiger partial charge is 0.323 e. The molecule has 1 N–H and O–H groups in total. The van der Waals surface area contributed by atoms with Gasteiger partial charge in [-0.3, -0.25) is 9.59 Å². The van der Waals surface area contributed by atoms with Gasteiger partial charge < -0.3 is 14.7 Å². The summed E-state index contributed by atoms with van der Waals surface area (Å²) in [5.41, 5.74) is 0. The van der Waals surface area contributed by atoms with Gasteiger partial charge in [0.05, 0.1) is 12.4 Å². The number of carbonyl (C=O) groups is 2. The molecule has 0 rings (SSSR count). The minimum Gasteiger partial charge on any atom is -0.480 e. The summed E-state index contributed by atoms with van der Waals surface area (Å²) in [6.45, 7) is 2.47. The maximum absolute atomic E-state index is 11.6. The van der Waals surface area contributed by atoms with Crippen LogP contribution < -0.4 is 0 Å². The fourth-order valence-corrected chi connectivity index (χ4v) is 1.84. The SMILES string of the molecule is CCCSCC(=O)N(CCOC)CC(=O)O. The van der Waals surface area contributed by atoms with Gasteiger partial charge in [0, 0.05) is 13.7 Å². The van der Waals surface area contributed by atoms with Crippen molar-refractivity contribution < 1.29 is 19.4 Å². The van der Waals surface area contributed by atoms with Gasteiger partial charge in [-0.05, 0) is 12.2 Å². The highest BCUT2D eigenvalue weighted by molar-refractivity contribution is 7.99. The van der Waals surface area contributed by atoms with Crippen LogP contribution in [0.5, 0.6) is 0 Å². The second kappa shape index (κ2) is 9.47. The Morgan fingerprint density at radius 1 is 1.44 bits per heavy atom. The van der Waals surface area contributed by atoms with Crippen molar-refractivity contribution in [3.63, 3.8) is 0 Å². The van der Waals surface area contributed by atoms with Crippen LogP contribution in [0.4, 0.5) is 0 Å². The first-order valence-electron chi connectivity index (χ1n) is 5.18. The van der Waals surface area contributed by atoms with E-state index in [0.29, 0.717) is 18.9 Å². The van der Waals surface area contributed by atoms with E-state index in [1.165, 1.54) is 23.8 Å². The van der Waals surface area contributed by atoms with Gasteiger partial charge in [0.25, 0.3) is 0 Å². The lowest BCUT2D eigenvalue weighted by Crippen LogP contribution is -2.39. The second-order valence-corrected chi connectivity index (χ2v) is 4.36. The largest absolute Gasteiger partial charge is 0.480 e. The number of methoxy groups -OCH3 is 1. The number of carboxylic acids is 1. The zero-order chi connectivity index (χ0) is 12.4. The maximum Gasteiger partial charge on any atom is 0.323 e. The van der Waals surface area contributed by atoms with Crippen LogP contribution in [0.25, 0.3) is 0 Å². The molecule has 0 saturated heterocycles. The lowest BCUT2D eigenvalue weighted by molar-refractivity contribution is -0.143. The third kappa shape index (κ3) is 7.53. The minimum absolute atomic E-state index is 0.141. The Morgan fingerprint density at radius 2 is 2.12 bits per heavy atom.